The van der Waals surface area contributed by atoms with Crippen molar-refractivity contribution in [3.05, 3.63) is 59.7 Å². The van der Waals surface area contributed by atoms with Crippen LogP contribution >= 0.6 is 0 Å². The van der Waals surface area contributed by atoms with Crippen LogP contribution in [0.2, 0.25) is 0 Å². The van der Waals surface area contributed by atoms with E-state index in [1.165, 1.54) is 5.56 Å². The van der Waals surface area contributed by atoms with E-state index < -0.39 is 0 Å². The molecule has 22 heavy (non-hydrogen) atoms. The lowest BCUT2D eigenvalue weighted by Gasteiger charge is -2.15. The van der Waals surface area contributed by atoms with Crippen molar-refractivity contribution in [3.63, 3.8) is 0 Å². The lowest BCUT2D eigenvalue weighted by Crippen LogP contribution is -2.12. The molecule has 3 heteroatoms. The van der Waals surface area contributed by atoms with E-state index in [-0.39, 0.29) is 0 Å². The fourth-order valence-corrected chi connectivity index (χ4v) is 2.37. The van der Waals surface area contributed by atoms with E-state index in [0.717, 1.165) is 23.6 Å². The minimum Gasteiger partial charge on any atom is -0.490 e. The van der Waals surface area contributed by atoms with Crippen LogP contribution in [0.5, 0.6) is 11.5 Å². The molecule has 0 atom stereocenters. The predicted molar refractivity (Wildman–Crippen MR) is 90.7 cm³/mol. The number of rotatable bonds is 8. The highest BCUT2D eigenvalue weighted by Crippen LogP contribution is 2.25. The van der Waals surface area contributed by atoms with Gasteiger partial charge in [-0.15, -0.1) is 0 Å². The van der Waals surface area contributed by atoms with Crippen LogP contribution in [0.3, 0.4) is 0 Å². The molecule has 0 radical (unpaired) electrons. The predicted octanol–water partition coefficient (Wildman–Crippen LogP) is 3.99. The van der Waals surface area contributed by atoms with Gasteiger partial charge in [0, 0.05) is 12.1 Å². The standard InChI is InChI=1S/C19H25NO2/c1-15(2)17-9-5-7-11-19(17)22-13-12-21-18-10-6-4-8-16(18)14-20-3/h4-11,15,20H,12-14H2,1-3H3. The third kappa shape index (κ3) is 4.50. The molecule has 2 aromatic rings. The van der Waals surface area contributed by atoms with Crippen LogP contribution in [0.25, 0.3) is 0 Å². The van der Waals surface area contributed by atoms with Crippen molar-refractivity contribution in [3.8, 4) is 11.5 Å². The molecule has 0 aromatic heterocycles. The Kier molecular flexibility index (Phi) is 6.28. The number of nitrogens with one attached hydrogen (secondary N) is 1. The van der Waals surface area contributed by atoms with Gasteiger partial charge in [0.2, 0.25) is 0 Å². The van der Waals surface area contributed by atoms with E-state index in [1.807, 2.05) is 43.4 Å². The highest BCUT2D eigenvalue weighted by Gasteiger charge is 2.07. The van der Waals surface area contributed by atoms with Gasteiger partial charge in [0.1, 0.15) is 24.7 Å². The summed E-state index contributed by atoms with van der Waals surface area (Å²) in [4.78, 5) is 0. The Morgan fingerprint density at radius 1 is 0.864 bits per heavy atom. The zero-order chi connectivity index (χ0) is 15.8. The van der Waals surface area contributed by atoms with Crippen LogP contribution in [0.15, 0.2) is 48.5 Å². The molecule has 0 aliphatic rings. The molecule has 0 heterocycles. The van der Waals surface area contributed by atoms with E-state index in [9.17, 15) is 0 Å². The molecule has 2 rings (SSSR count). The van der Waals surface area contributed by atoms with Crippen molar-refractivity contribution in [1.29, 1.82) is 0 Å². The number of ether oxygens (including phenoxy) is 2. The van der Waals surface area contributed by atoms with Crippen LogP contribution < -0.4 is 14.8 Å². The van der Waals surface area contributed by atoms with Gasteiger partial charge in [-0.2, -0.15) is 0 Å². The van der Waals surface area contributed by atoms with Gasteiger partial charge in [0.25, 0.3) is 0 Å². The van der Waals surface area contributed by atoms with Gasteiger partial charge >= 0.3 is 0 Å². The minimum atomic E-state index is 0.452. The largest absolute Gasteiger partial charge is 0.490 e. The second kappa shape index (κ2) is 8.44. The molecule has 1 N–H and O–H groups in total. The molecular formula is C19H25NO2. The molecule has 3 nitrogen and oxygen atoms in total. The van der Waals surface area contributed by atoms with E-state index in [4.69, 9.17) is 9.47 Å². The summed E-state index contributed by atoms with van der Waals surface area (Å²) < 4.78 is 11.7. The summed E-state index contributed by atoms with van der Waals surface area (Å²) in [6.45, 7) is 6.22. The molecule has 0 spiro atoms. The maximum atomic E-state index is 5.88. The van der Waals surface area contributed by atoms with Crippen LogP contribution in [-0.2, 0) is 6.54 Å². The molecule has 0 fully saturated rings. The van der Waals surface area contributed by atoms with Crippen LogP contribution in [-0.4, -0.2) is 20.3 Å². The Morgan fingerprint density at radius 3 is 2.14 bits per heavy atom. The summed E-state index contributed by atoms with van der Waals surface area (Å²) in [6.07, 6.45) is 0. The van der Waals surface area contributed by atoms with Gasteiger partial charge in [-0.05, 0) is 30.7 Å². The Morgan fingerprint density at radius 2 is 1.45 bits per heavy atom. The quantitative estimate of drug-likeness (QED) is 0.748. The molecule has 0 amide bonds. The Balaban J connectivity index is 1.88. The van der Waals surface area contributed by atoms with Crippen molar-refractivity contribution in [1.82, 2.24) is 5.32 Å². The monoisotopic (exact) mass is 299 g/mol. The molecule has 118 valence electrons. The molecule has 0 unspecified atom stereocenters. The van der Waals surface area contributed by atoms with Crippen molar-refractivity contribution < 1.29 is 9.47 Å². The summed E-state index contributed by atoms with van der Waals surface area (Å²) in [5, 5.41) is 3.15. The SMILES string of the molecule is CNCc1ccccc1OCCOc1ccccc1C(C)C. The van der Waals surface area contributed by atoms with Gasteiger partial charge in [-0.1, -0.05) is 50.2 Å². The highest BCUT2D eigenvalue weighted by molar-refractivity contribution is 5.35. The van der Waals surface area contributed by atoms with Crippen molar-refractivity contribution >= 4 is 0 Å². The van der Waals surface area contributed by atoms with Gasteiger partial charge < -0.3 is 14.8 Å². The van der Waals surface area contributed by atoms with Gasteiger partial charge in [0.15, 0.2) is 0 Å². The lowest BCUT2D eigenvalue weighted by molar-refractivity contribution is 0.214. The molecule has 0 aliphatic carbocycles. The Hall–Kier alpha value is -2.00. The number of para-hydroxylation sites is 2. The zero-order valence-corrected chi connectivity index (χ0v) is 13.6. The highest BCUT2D eigenvalue weighted by atomic mass is 16.5. The average molecular weight is 299 g/mol. The van der Waals surface area contributed by atoms with Crippen LogP contribution in [0.4, 0.5) is 0 Å². The molecular weight excluding hydrogens is 274 g/mol. The minimum absolute atomic E-state index is 0.452. The molecule has 0 bridgehead atoms. The third-order valence-electron chi connectivity index (χ3n) is 3.48. The van der Waals surface area contributed by atoms with Crippen LogP contribution in [0.1, 0.15) is 30.9 Å². The number of hydrogen-bond acceptors (Lipinski definition) is 3. The number of benzene rings is 2. The van der Waals surface area contributed by atoms with Gasteiger partial charge in [-0.3, -0.25) is 0 Å². The first-order chi connectivity index (χ1) is 10.7. The van der Waals surface area contributed by atoms with Crippen molar-refractivity contribution in [2.45, 2.75) is 26.3 Å². The summed E-state index contributed by atoms with van der Waals surface area (Å²) in [6, 6.07) is 16.3. The fraction of sp³-hybridized carbons (Fsp3) is 0.368. The van der Waals surface area contributed by atoms with Crippen molar-refractivity contribution in [2.24, 2.45) is 0 Å². The second-order valence-electron chi connectivity index (χ2n) is 5.53. The summed E-state index contributed by atoms with van der Waals surface area (Å²) in [5.74, 6) is 2.32. The van der Waals surface area contributed by atoms with Crippen LogP contribution in [0, 0.1) is 0 Å². The van der Waals surface area contributed by atoms with Gasteiger partial charge in [0.05, 0.1) is 0 Å². The molecule has 2 aromatic carbocycles. The van der Waals surface area contributed by atoms with E-state index in [0.29, 0.717) is 19.1 Å². The maximum absolute atomic E-state index is 5.88. The number of hydrogen-bond donors (Lipinski definition) is 1. The summed E-state index contributed by atoms with van der Waals surface area (Å²) in [7, 11) is 1.93. The van der Waals surface area contributed by atoms with Crippen molar-refractivity contribution in [2.75, 3.05) is 20.3 Å². The first kappa shape index (κ1) is 16.4. The fourth-order valence-electron chi connectivity index (χ4n) is 2.37. The van der Waals surface area contributed by atoms with E-state index in [2.05, 4.69) is 31.3 Å². The first-order valence-electron chi connectivity index (χ1n) is 7.79. The Labute approximate surface area is 133 Å². The van der Waals surface area contributed by atoms with E-state index >= 15 is 0 Å². The van der Waals surface area contributed by atoms with E-state index in [1.54, 1.807) is 0 Å². The molecule has 0 saturated carbocycles. The first-order valence-corrected chi connectivity index (χ1v) is 7.79. The summed E-state index contributed by atoms with van der Waals surface area (Å²) in [5.41, 5.74) is 2.39. The normalized spacial score (nSPS) is 10.7. The lowest BCUT2D eigenvalue weighted by atomic mass is 10.0. The second-order valence-corrected chi connectivity index (χ2v) is 5.53. The molecule has 0 aliphatic heterocycles. The Bertz CT molecular complexity index is 581. The average Bonchev–Trinajstić information content (AvgIpc) is 2.53. The topological polar surface area (TPSA) is 30.5 Å². The smallest absolute Gasteiger partial charge is 0.123 e. The summed E-state index contributed by atoms with van der Waals surface area (Å²) >= 11 is 0. The molecule has 0 saturated heterocycles. The third-order valence-corrected chi connectivity index (χ3v) is 3.48. The maximum Gasteiger partial charge on any atom is 0.123 e. The van der Waals surface area contributed by atoms with Gasteiger partial charge in [-0.25, -0.2) is 0 Å². The zero-order valence-electron chi connectivity index (χ0n) is 13.6.